The largest absolute Gasteiger partial charge is 0.494 e. The Morgan fingerprint density at radius 1 is 1.31 bits per heavy atom. The molecule has 1 amide bonds. The van der Waals surface area contributed by atoms with Gasteiger partial charge in [-0.1, -0.05) is 23.5 Å². The lowest BCUT2D eigenvalue weighted by molar-refractivity contribution is 0.101. The van der Waals surface area contributed by atoms with Crippen LogP contribution in [-0.2, 0) is 13.7 Å². The molecule has 2 aromatic heterocycles. The summed E-state index contributed by atoms with van der Waals surface area (Å²) in [5.41, 5.74) is 3.79. The average molecular weight is 406 g/mol. The maximum Gasteiger partial charge on any atom is 0.278 e. The molecule has 4 aromatic rings. The van der Waals surface area contributed by atoms with Gasteiger partial charge in [-0.3, -0.25) is 14.8 Å². The number of amides is 1. The number of nitrogens with one attached hydrogen (secondary N) is 1. The maximum absolute atomic E-state index is 13.0. The van der Waals surface area contributed by atoms with Gasteiger partial charge in [0.15, 0.2) is 10.8 Å². The minimum absolute atomic E-state index is 0.297. The van der Waals surface area contributed by atoms with Crippen LogP contribution in [0.15, 0.2) is 42.5 Å². The minimum Gasteiger partial charge on any atom is -0.494 e. The Bertz CT molecular complexity index is 1240. The fraction of sp³-hybridized carbons (Fsp3) is 0.190. The quantitative estimate of drug-likeness (QED) is 0.548. The van der Waals surface area contributed by atoms with Gasteiger partial charge >= 0.3 is 0 Å². The molecule has 7 nitrogen and oxygen atoms in total. The number of anilines is 1. The number of fused-ring (bicyclic) bond motifs is 4. The summed E-state index contributed by atoms with van der Waals surface area (Å²) in [6, 6.07) is 13.5. The van der Waals surface area contributed by atoms with E-state index in [1.54, 1.807) is 4.68 Å². The number of thiazole rings is 1. The van der Waals surface area contributed by atoms with Crippen LogP contribution in [0.5, 0.6) is 11.5 Å². The number of benzene rings is 2. The summed E-state index contributed by atoms with van der Waals surface area (Å²) < 4.78 is 14.0. The molecule has 146 valence electrons. The Kier molecular flexibility index (Phi) is 4.21. The van der Waals surface area contributed by atoms with Gasteiger partial charge in [0.2, 0.25) is 0 Å². The highest BCUT2D eigenvalue weighted by Crippen LogP contribution is 2.38. The normalized spacial score (nSPS) is 12.2. The number of nitrogens with zero attached hydrogens (tertiary/aromatic N) is 3. The lowest BCUT2D eigenvalue weighted by Crippen LogP contribution is -2.16. The van der Waals surface area contributed by atoms with E-state index in [0.717, 1.165) is 38.5 Å². The minimum atomic E-state index is -0.297. The van der Waals surface area contributed by atoms with Crippen LogP contribution < -0.4 is 14.8 Å². The van der Waals surface area contributed by atoms with Gasteiger partial charge in [-0.05, 0) is 37.3 Å². The fourth-order valence-electron chi connectivity index (χ4n) is 3.53. The van der Waals surface area contributed by atoms with Gasteiger partial charge in [0.1, 0.15) is 18.1 Å². The lowest BCUT2D eigenvalue weighted by Gasteiger charge is -2.18. The molecule has 8 heteroatoms. The van der Waals surface area contributed by atoms with Gasteiger partial charge in [-0.25, -0.2) is 4.98 Å². The maximum atomic E-state index is 13.0. The topological polar surface area (TPSA) is 78.3 Å². The summed E-state index contributed by atoms with van der Waals surface area (Å²) in [5.74, 6) is 1.29. The van der Waals surface area contributed by atoms with Gasteiger partial charge < -0.3 is 9.47 Å². The van der Waals surface area contributed by atoms with Crippen LogP contribution in [0, 0.1) is 0 Å². The average Bonchev–Trinajstić information content (AvgIpc) is 3.28. The molecule has 0 saturated heterocycles. The number of para-hydroxylation sites is 1. The second-order valence-corrected chi connectivity index (χ2v) is 7.65. The fourth-order valence-corrected chi connectivity index (χ4v) is 4.42. The van der Waals surface area contributed by atoms with Crippen LogP contribution in [0.25, 0.3) is 21.5 Å². The molecule has 1 N–H and O–H groups in total. The Hall–Kier alpha value is -3.39. The molecule has 0 atom stereocenters. The third-order valence-corrected chi connectivity index (χ3v) is 5.70. The van der Waals surface area contributed by atoms with Crippen LogP contribution >= 0.6 is 11.3 Å². The molecule has 29 heavy (non-hydrogen) atoms. The van der Waals surface area contributed by atoms with Crippen molar-refractivity contribution in [3.05, 3.63) is 53.7 Å². The summed E-state index contributed by atoms with van der Waals surface area (Å²) in [6.45, 7) is 2.85. The smallest absolute Gasteiger partial charge is 0.278 e. The highest BCUT2D eigenvalue weighted by molar-refractivity contribution is 7.22. The number of hydrogen-bond donors (Lipinski definition) is 1. The monoisotopic (exact) mass is 406 g/mol. The molecular weight excluding hydrogens is 388 g/mol. The Morgan fingerprint density at radius 3 is 3.03 bits per heavy atom. The van der Waals surface area contributed by atoms with Crippen LogP contribution in [0.1, 0.15) is 23.0 Å². The summed E-state index contributed by atoms with van der Waals surface area (Å²) in [7, 11) is 1.84. The highest BCUT2D eigenvalue weighted by Gasteiger charge is 2.28. The van der Waals surface area contributed by atoms with E-state index in [1.807, 2.05) is 56.4 Å². The molecule has 0 aliphatic carbocycles. The molecule has 1 aliphatic rings. The van der Waals surface area contributed by atoms with E-state index in [2.05, 4.69) is 15.4 Å². The lowest BCUT2D eigenvalue weighted by atomic mass is 10.0. The molecule has 0 fully saturated rings. The number of aryl methyl sites for hydroxylation is 1. The van der Waals surface area contributed by atoms with Crippen molar-refractivity contribution in [3.8, 4) is 22.8 Å². The van der Waals surface area contributed by atoms with E-state index >= 15 is 0 Å². The first-order chi connectivity index (χ1) is 14.1. The van der Waals surface area contributed by atoms with E-state index in [-0.39, 0.29) is 5.91 Å². The first-order valence-corrected chi connectivity index (χ1v) is 10.1. The second kappa shape index (κ2) is 6.89. The molecule has 0 unspecified atom stereocenters. The van der Waals surface area contributed by atoms with Crippen molar-refractivity contribution < 1.29 is 14.3 Å². The van der Waals surface area contributed by atoms with Crippen molar-refractivity contribution >= 4 is 32.6 Å². The molecule has 5 rings (SSSR count). The molecule has 0 spiro atoms. The van der Waals surface area contributed by atoms with Crippen LogP contribution in [-0.4, -0.2) is 27.3 Å². The standard InChI is InChI=1S/C21H18N4O3S/c1-3-27-12-8-9-15-17(10-12)29-21(22-15)23-20(26)18-14-11-28-16-7-5-4-6-13(16)19(14)25(2)24-18/h4-10H,3,11H2,1-2H3,(H,22,23,26). The van der Waals surface area contributed by atoms with E-state index < -0.39 is 0 Å². The van der Waals surface area contributed by atoms with Gasteiger partial charge in [0.05, 0.1) is 22.5 Å². The van der Waals surface area contributed by atoms with Crippen molar-refractivity contribution in [2.75, 3.05) is 11.9 Å². The van der Waals surface area contributed by atoms with Gasteiger partial charge in [-0.15, -0.1) is 0 Å². The Labute approximate surface area is 170 Å². The van der Waals surface area contributed by atoms with Gasteiger partial charge in [0.25, 0.3) is 5.91 Å². The summed E-state index contributed by atoms with van der Waals surface area (Å²) in [6.07, 6.45) is 0. The van der Waals surface area contributed by atoms with E-state index in [9.17, 15) is 4.79 Å². The third-order valence-electron chi connectivity index (χ3n) is 4.77. The molecule has 0 radical (unpaired) electrons. The summed E-state index contributed by atoms with van der Waals surface area (Å²) in [5, 5.41) is 7.87. The van der Waals surface area contributed by atoms with E-state index in [1.165, 1.54) is 11.3 Å². The van der Waals surface area contributed by atoms with Crippen molar-refractivity contribution in [2.24, 2.45) is 7.05 Å². The van der Waals surface area contributed by atoms with Gasteiger partial charge in [0, 0.05) is 18.2 Å². The molecule has 2 aromatic carbocycles. The number of hydrogen-bond acceptors (Lipinski definition) is 6. The van der Waals surface area contributed by atoms with Crippen LogP contribution in [0.2, 0.25) is 0 Å². The summed E-state index contributed by atoms with van der Waals surface area (Å²) >= 11 is 1.40. The molecular formula is C21H18N4O3S. The molecule has 0 bridgehead atoms. The Morgan fingerprint density at radius 2 is 2.17 bits per heavy atom. The summed E-state index contributed by atoms with van der Waals surface area (Å²) in [4.78, 5) is 17.5. The number of carbonyl (C=O) groups excluding carboxylic acids is 1. The van der Waals surface area contributed by atoms with Crippen molar-refractivity contribution in [1.29, 1.82) is 0 Å². The number of rotatable bonds is 4. The Balaban J connectivity index is 1.46. The predicted octanol–water partition coefficient (Wildman–Crippen LogP) is 4.24. The molecule has 1 aliphatic heterocycles. The zero-order chi connectivity index (χ0) is 20.0. The zero-order valence-electron chi connectivity index (χ0n) is 15.9. The van der Waals surface area contributed by atoms with E-state index in [0.29, 0.717) is 24.0 Å². The zero-order valence-corrected chi connectivity index (χ0v) is 16.7. The third kappa shape index (κ3) is 3.01. The van der Waals surface area contributed by atoms with Crippen molar-refractivity contribution in [3.63, 3.8) is 0 Å². The van der Waals surface area contributed by atoms with Crippen LogP contribution in [0.4, 0.5) is 5.13 Å². The molecule has 3 heterocycles. The van der Waals surface area contributed by atoms with E-state index in [4.69, 9.17) is 9.47 Å². The predicted molar refractivity (Wildman–Crippen MR) is 112 cm³/mol. The molecule has 0 saturated carbocycles. The SMILES string of the molecule is CCOc1ccc2nc(NC(=O)c3nn(C)c4c3COc3ccccc3-4)sc2c1. The van der Waals surface area contributed by atoms with Crippen molar-refractivity contribution in [2.45, 2.75) is 13.5 Å². The highest BCUT2D eigenvalue weighted by atomic mass is 32.1. The second-order valence-electron chi connectivity index (χ2n) is 6.62. The van der Waals surface area contributed by atoms with Gasteiger partial charge in [-0.2, -0.15) is 5.10 Å². The number of ether oxygens (including phenoxy) is 2. The van der Waals surface area contributed by atoms with Crippen LogP contribution in [0.3, 0.4) is 0 Å². The first kappa shape index (κ1) is 17.7. The number of aromatic nitrogens is 3. The van der Waals surface area contributed by atoms with Crippen molar-refractivity contribution in [1.82, 2.24) is 14.8 Å². The first-order valence-electron chi connectivity index (χ1n) is 9.27. The number of carbonyl (C=O) groups is 1.